The fourth-order valence-electron chi connectivity index (χ4n) is 4.53. The lowest BCUT2D eigenvalue weighted by Gasteiger charge is -2.19. The number of alkyl carbamates (subject to hydrolysis) is 1. The monoisotopic (exact) mass is 459 g/mol. The predicted octanol–water partition coefficient (Wildman–Crippen LogP) is 4.14. The van der Waals surface area contributed by atoms with E-state index >= 15 is 0 Å². The molecule has 0 spiro atoms. The molecule has 0 bridgehead atoms. The van der Waals surface area contributed by atoms with E-state index in [-0.39, 0.29) is 37.7 Å². The highest BCUT2D eigenvalue weighted by molar-refractivity contribution is 5.79. The smallest absolute Gasteiger partial charge is 0.407 e. The Morgan fingerprint density at radius 1 is 0.941 bits per heavy atom. The summed E-state index contributed by atoms with van der Waals surface area (Å²) in [5, 5.41) is 23.5. The number of rotatable bonds is 9. The molecule has 6 heteroatoms. The van der Waals surface area contributed by atoms with E-state index in [2.05, 4.69) is 29.6 Å². The van der Waals surface area contributed by atoms with Crippen LogP contribution in [-0.4, -0.2) is 41.3 Å². The molecule has 1 aliphatic carbocycles. The van der Waals surface area contributed by atoms with Gasteiger partial charge in [0.15, 0.2) is 0 Å². The summed E-state index contributed by atoms with van der Waals surface area (Å²) >= 11 is 0. The van der Waals surface area contributed by atoms with Gasteiger partial charge in [-0.2, -0.15) is 0 Å². The zero-order valence-electron chi connectivity index (χ0n) is 19.1. The van der Waals surface area contributed by atoms with E-state index < -0.39 is 18.3 Å². The van der Waals surface area contributed by atoms with Crippen molar-refractivity contribution < 1.29 is 24.5 Å². The zero-order valence-corrected chi connectivity index (χ0v) is 19.1. The Balaban J connectivity index is 1.27. The number of fused-ring (bicyclic) bond motifs is 3. The van der Waals surface area contributed by atoms with E-state index in [9.17, 15) is 19.8 Å². The summed E-state index contributed by atoms with van der Waals surface area (Å²) in [6.07, 6.45) is -2.31. The SMILES string of the molecule is CC(=O)Cc1cccc(C(O)C(O)CCNC(=O)OCC2c3ccccc3-c3ccccc32)c1. The number of hydrogen-bond acceptors (Lipinski definition) is 5. The Morgan fingerprint density at radius 3 is 2.24 bits per heavy atom. The molecule has 0 heterocycles. The molecule has 0 aliphatic heterocycles. The number of nitrogens with one attached hydrogen (secondary N) is 1. The quantitative estimate of drug-likeness (QED) is 0.447. The van der Waals surface area contributed by atoms with Crippen LogP contribution in [0.2, 0.25) is 0 Å². The van der Waals surface area contributed by atoms with Gasteiger partial charge in [-0.15, -0.1) is 0 Å². The van der Waals surface area contributed by atoms with Crippen LogP contribution in [0.25, 0.3) is 11.1 Å². The van der Waals surface area contributed by atoms with Crippen LogP contribution in [0.5, 0.6) is 0 Å². The minimum Gasteiger partial charge on any atom is -0.449 e. The van der Waals surface area contributed by atoms with Gasteiger partial charge in [-0.3, -0.25) is 4.79 Å². The molecule has 176 valence electrons. The maximum absolute atomic E-state index is 12.3. The van der Waals surface area contributed by atoms with E-state index in [4.69, 9.17) is 4.74 Å². The van der Waals surface area contributed by atoms with Gasteiger partial charge in [0, 0.05) is 18.9 Å². The first kappa shape index (κ1) is 23.7. The second kappa shape index (κ2) is 10.6. The fraction of sp³-hybridized carbons (Fsp3) is 0.286. The van der Waals surface area contributed by atoms with E-state index in [0.717, 1.165) is 27.8 Å². The highest BCUT2D eigenvalue weighted by Crippen LogP contribution is 2.44. The maximum Gasteiger partial charge on any atom is 0.407 e. The molecule has 6 nitrogen and oxygen atoms in total. The van der Waals surface area contributed by atoms with Crippen molar-refractivity contribution in [2.75, 3.05) is 13.2 Å². The Labute approximate surface area is 199 Å². The molecule has 34 heavy (non-hydrogen) atoms. The molecule has 0 aromatic heterocycles. The zero-order chi connectivity index (χ0) is 24.1. The molecule has 0 fully saturated rings. The molecule has 0 radical (unpaired) electrons. The number of aliphatic hydroxyl groups excluding tert-OH is 2. The van der Waals surface area contributed by atoms with E-state index in [1.807, 2.05) is 30.3 Å². The fourth-order valence-corrected chi connectivity index (χ4v) is 4.53. The third-order valence-electron chi connectivity index (χ3n) is 6.16. The van der Waals surface area contributed by atoms with Gasteiger partial charge < -0.3 is 20.3 Å². The Bertz CT molecular complexity index is 1130. The van der Waals surface area contributed by atoms with Crippen molar-refractivity contribution in [3.63, 3.8) is 0 Å². The molecule has 4 rings (SSSR count). The van der Waals surface area contributed by atoms with E-state index in [1.165, 1.54) is 6.92 Å². The second-order valence-corrected chi connectivity index (χ2v) is 8.68. The van der Waals surface area contributed by atoms with Crippen LogP contribution in [-0.2, 0) is 16.0 Å². The van der Waals surface area contributed by atoms with Gasteiger partial charge in [0.25, 0.3) is 0 Å². The number of hydrogen-bond donors (Lipinski definition) is 3. The highest BCUT2D eigenvalue weighted by atomic mass is 16.5. The first-order valence-corrected chi connectivity index (χ1v) is 11.5. The highest BCUT2D eigenvalue weighted by Gasteiger charge is 2.29. The van der Waals surface area contributed by atoms with Gasteiger partial charge in [0.2, 0.25) is 0 Å². The lowest BCUT2D eigenvalue weighted by molar-refractivity contribution is -0.116. The largest absolute Gasteiger partial charge is 0.449 e. The van der Waals surface area contributed by atoms with Gasteiger partial charge in [-0.25, -0.2) is 4.79 Å². The summed E-state index contributed by atoms with van der Waals surface area (Å²) in [5.74, 6) is 0.00678. The number of benzene rings is 3. The minimum atomic E-state index is -1.11. The van der Waals surface area contributed by atoms with Crippen molar-refractivity contribution in [1.29, 1.82) is 0 Å². The summed E-state index contributed by atoms with van der Waals surface area (Å²) in [6, 6.07) is 23.2. The van der Waals surface area contributed by atoms with Crippen LogP contribution in [0, 0.1) is 0 Å². The molecule has 2 atom stereocenters. The van der Waals surface area contributed by atoms with Crippen LogP contribution in [0.1, 0.15) is 47.6 Å². The predicted molar refractivity (Wildman–Crippen MR) is 129 cm³/mol. The Kier molecular flexibility index (Phi) is 7.40. The minimum absolute atomic E-state index is 0.0205. The normalized spacial score (nSPS) is 14.1. The van der Waals surface area contributed by atoms with E-state index in [0.29, 0.717) is 5.56 Å². The van der Waals surface area contributed by atoms with Crippen molar-refractivity contribution in [3.05, 3.63) is 95.1 Å². The summed E-state index contributed by atoms with van der Waals surface area (Å²) in [7, 11) is 0. The number of amides is 1. The number of carbonyl (C=O) groups is 2. The average Bonchev–Trinajstić information content (AvgIpc) is 3.15. The topological polar surface area (TPSA) is 95.9 Å². The first-order valence-electron chi connectivity index (χ1n) is 11.5. The summed E-state index contributed by atoms with van der Waals surface area (Å²) < 4.78 is 5.49. The van der Waals surface area contributed by atoms with Crippen molar-refractivity contribution in [2.24, 2.45) is 0 Å². The van der Waals surface area contributed by atoms with Crippen LogP contribution in [0.3, 0.4) is 0 Å². The molecule has 0 saturated heterocycles. The van der Waals surface area contributed by atoms with Crippen molar-refractivity contribution >= 4 is 11.9 Å². The number of Topliss-reactive ketones (excluding diaryl/α,β-unsaturated/α-hetero) is 1. The van der Waals surface area contributed by atoms with Crippen LogP contribution >= 0.6 is 0 Å². The lowest BCUT2D eigenvalue weighted by Crippen LogP contribution is -2.30. The number of aliphatic hydroxyl groups is 2. The third-order valence-corrected chi connectivity index (χ3v) is 6.16. The van der Waals surface area contributed by atoms with Crippen LogP contribution < -0.4 is 5.32 Å². The van der Waals surface area contributed by atoms with Crippen LogP contribution in [0.4, 0.5) is 4.79 Å². The summed E-state index contributed by atoms with van der Waals surface area (Å²) in [4.78, 5) is 23.6. The standard InChI is InChI=1S/C28H29NO5/c1-18(30)15-19-7-6-8-20(16-19)27(32)26(31)13-14-29-28(33)34-17-25-23-11-4-2-9-21(23)22-10-3-5-12-24(22)25/h2-12,16,25-27,31-32H,13-15,17H2,1H3,(H,29,33). The maximum atomic E-state index is 12.3. The van der Waals surface area contributed by atoms with Crippen molar-refractivity contribution in [1.82, 2.24) is 5.32 Å². The summed E-state index contributed by atoms with van der Waals surface area (Å²) in [6.45, 7) is 1.88. The average molecular weight is 460 g/mol. The molecule has 0 saturated carbocycles. The molecular formula is C28H29NO5. The van der Waals surface area contributed by atoms with Crippen LogP contribution in [0.15, 0.2) is 72.8 Å². The van der Waals surface area contributed by atoms with Gasteiger partial charge >= 0.3 is 6.09 Å². The molecular weight excluding hydrogens is 430 g/mol. The molecule has 1 amide bonds. The number of ketones is 1. The van der Waals surface area contributed by atoms with Crippen molar-refractivity contribution in [2.45, 2.75) is 37.9 Å². The van der Waals surface area contributed by atoms with Gasteiger partial charge in [-0.1, -0.05) is 72.8 Å². The molecule has 1 aliphatic rings. The first-order chi connectivity index (χ1) is 16.4. The number of carbonyl (C=O) groups excluding carboxylic acids is 2. The van der Waals surface area contributed by atoms with Gasteiger partial charge in [0.1, 0.15) is 18.5 Å². The number of ether oxygens (including phenoxy) is 1. The van der Waals surface area contributed by atoms with Gasteiger partial charge in [0.05, 0.1) is 6.10 Å². The third kappa shape index (κ3) is 5.35. The molecule has 3 aromatic rings. The Morgan fingerprint density at radius 2 is 1.59 bits per heavy atom. The van der Waals surface area contributed by atoms with E-state index in [1.54, 1.807) is 18.2 Å². The lowest BCUT2D eigenvalue weighted by atomic mass is 9.98. The summed E-state index contributed by atoms with van der Waals surface area (Å²) in [5.41, 5.74) is 5.93. The Hall–Kier alpha value is -3.48. The second-order valence-electron chi connectivity index (χ2n) is 8.68. The molecule has 2 unspecified atom stereocenters. The van der Waals surface area contributed by atoms with Gasteiger partial charge in [-0.05, 0) is 46.7 Å². The molecule has 3 N–H and O–H groups in total. The molecule has 3 aromatic carbocycles. The van der Waals surface area contributed by atoms with Crippen molar-refractivity contribution in [3.8, 4) is 11.1 Å².